The number of carbonyl (C=O) groups is 1. The van der Waals surface area contributed by atoms with Crippen molar-refractivity contribution in [3.8, 4) is 11.4 Å². The summed E-state index contributed by atoms with van der Waals surface area (Å²) in [4.78, 5) is 16.9. The van der Waals surface area contributed by atoms with Crippen molar-refractivity contribution in [2.24, 2.45) is 0 Å². The molecule has 1 aromatic heterocycles. The first-order chi connectivity index (χ1) is 14.5. The summed E-state index contributed by atoms with van der Waals surface area (Å²) in [6, 6.07) is 10.1. The van der Waals surface area contributed by atoms with Gasteiger partial charge < -0.3 is 9.84 Å². The summed E-state index contributed by atoms with van der Waals surface area (Å²) in [5.74, 6) is 0.394. The van der Waals surface area contributed by atoms with E-state index in [1.807, 2.05) is 0 Å². The van der Waals surface area contributed by atoms with E-state index in [1.54, 1.807) is 19.2 Å². The average molecular weight is 413 g/mol. The molecule has 0 spiro atoms. The Bertz CT molecular complexity index is 986. The standard InChI is InChI=1S/C23H25F2N3O2/c1-3-15(23-27-22(28-30-23)16-8-10-17(24)11-9-16)6-4-5-7-21(29)19-13-12-18(25)14-20(19)26-2/h8-15,26H,3-7H2,1-2H3/t15-/m1/s1. The average Bonchev–Trinajstić information content (AvgIpc) is 3.24. The highest BCUT2D eigenvalue weighted by atomic mass is 19.1. The maximum atomic E-state index is 13.3. The third kappa shape index (κ3) is 5.28. The number of carbonyl (C=O) groups excluding carboxylic acids is 1. The number of rotatable bonds is 10. The van der Waals surface area contributed by atoms with Crippen LogP contribution in [0.1, 0.15) is 61.2 Å². The first-order valence-electron chi connectivity index (χ1n) is 10.1. The van der Waals surface area contributed by atoms with Gasteiger partial charge in [-0.2, -0.15) is 4.98 Å². The second-order valence-electron chi connectivity index (χ2n) is 7.18. The van der Waals surface area contributed by atoms with E-state index in [-0.39, 0.29) is 23.3 Å². The van der Waals surface area contributed by atoms with Crippen molar-refractivity contribution in [1.82, 2.24) is 10.1 Å². The van der Waals surface area contributed by atoms with Crippen molar-refractivity contribution >= 4 is 11.5 Å². The lowest BCUT2D eigenvalue weighted by Gasteiger charge is -2.10. The minimum Gasteiger partial charge on any atom is -0.387 e. The lowest BCUT2D eigenvalue weighted by atomic mass is 9.96. The molecule has 1 N–H and O–H groups in total. The SMILES string of the molecule is CC[C@H](CCCCC(=O)c1ccc(F)cc1NC)c1nc(-c2ccc(F)cc2)no1. The van der Waals surface area contributed by atoms with Gasteiger partial charge in [0, 0.05) is 36.2 Å². The van der Waals surface area contributed by atoms with E-state index in [9.17, 15) is 13.6 Å². The largest absolute Gasteiger partial charge is 0.387 e. The summed E-state index contributed by atoms with van der Waals surface area (Å²) in [5, 5.41) is 6.87. The lowest BCUT2D eigenvalue weighted by Crippen LogP contribution is -2.05. The fraction of sp³-hybridized carbons (Fsp3) is 0.348. The molecule has 0 aliphatic rings. The highest BCUT2D eigenvalue weighted by Gasteiger charge is 2.18. The number of nitrogens with zero attached hydrogens (tertiary/aromatic N) is 2. The third-order valence-corrected chi connectivity index (χ3v) is 5.14. The number of hydrogen-bond acceptors (Lipinski definition) is 5. The molecule has 0 saturated heterocycles. The Hall–Kier alpha value is -3.09. The minimum atomic E-state index is -0.374. The van der Waals surface area contributed by atoms with Gasteiger partial charge in [0.15, 0.2) is 5.78 Å². The number of nitrogens with one attached hydrogen (secondary N) is 1. The van der Waals surface area contributed by atoms with Gasteiger partial charge in [0.25, 0.3) is 0 Å². The van der Waals surface area contributed by atoms with Crippen LogP contribution in [-0.2, 0) is 0 Å². The summed E-state index contributed by atoms with van der Waals surface area (Å²) in [6.07, 6.45) is 3.59. The zero-order valence-electron chi connectivity index (χ0n) is 17.1. The molecule has 0 bridgehead atoms. The molecule has 5 nitrogen and oxygen atoms in total. The Kier molecular flexibility index (Phi) is 7.27. The molecule has 1 heterocycles. The van der Waals surface area contributed by atoms with Crippen LogP contribution in [-0.4, -0.2) is 23.0 Å². The van der Waals surface area contributed by atoms with Crippen LogP contribution in [0.3, 0.4) is 0 Å². The van der Waals surface area contributed by atoms with Crippen LogP contribution in [0.25, 0.3) is 11.4 Å². The van der Waals surface area contributed by atoms with Crippen LogP contribution < -0.4 is 5.32 Å². The molecule has 2 aromatic carbocycles. The molecule has 158 valence electrons. The van der Waals surface area contributed by atoms with Gasteiger partial charge in [-0.3, -0.25) is 4.79 Å². The summed E-state index contributed by atoms with van der Waals surface area (Å²) in [7, 11) is 1.67. The molecule has 0 aliphatic carbocycles. The number of benzene rings is 2. The number of unbranched alkanes of at least 4 members (excludes halogenated alkanes) is 1. The van der Waals surface area contributed by atoms with Gasteiger partial charge in [-0.15, -0.1) is 0 Å². The molecule has 0 amide bonds. The Balaban J connectivity index is 1.54. The van der Waals surface area contributed by atoms with E-state index in [0.29, 0.717) is 35.0 Å². The topological polar surface area (TPSA) is 68.0 Å². The lowest BCUT2D eigenvalue weighted by molar-refractivity contribution is 0.0979. The van der Waals surface area contributed by atoms with Gasteiger partial charge in [-0.1, -0.05) is 18.5 Å². The van der Waals surface area contributed by atoms with Gasteiger partial charge in [0.2, 0.25) is 11.7 Å². The molecule has 7 heteroatoms. The van der Waals surface area contributed by atoms with E-state index in [1.165, 1.54) is 30.3 Å². The first-order valence-corrected chi connectivity index (χ1v) is 10.1. The van der Waals surface area contributed by atoms with Crippen molar-refractivity contribution in [3.05, 3.63) is 65.6 Å². The van der Waals surface area contributed by atoms with Crippen molar-refractivity contribution in [2.75, 3.05) is 12.4 Å². The monoisotopic (exact) mass is 413 g/mol. The van der Waals surface area contributed by atoms with E-state index >= 15 is 0 Å². The normalized spacial score (nSPS) is 12.0. The van der Waals surface area contributed by atoms with Crippen LogP contribution in [0.2, 0.25) is 0 Å². The quantitative estimate of drug-likeness (QED) is 0.326. The highest BCUT2D eigenvalue weighted by molar-refractivity contribution is 6.01. The second-order valence-corrected chi connectivity index (χ2v) is 7.18. The van der Waals surface area contributed by atoms with Crippen molar-refractivity contribution < 1.29 is 18.1 Å². The van der Waals surface area contributed by atoms with Crippen LogP contribution in [0.5, 0.6) is 0 Å². The Morgan fingerprint density at radius 1 is 1.10 bits per heavy atom. The fourth-order valence-electron chi connectivity index (χ4n) is 3.40. The summed E-state index contributed by atoms with van der Waals surface area (Å²) in [5.41, 5.74) is 1.71. The molecule has 0 unspecified atom stereocenters. The summed E-state index contributed by atoms with van der Waals surface area (Å²) in [6.45, 7) is 2.05. The van der Waals surface area contributed by atoms with Crippen LogP contribution >= 0.6 is 0 Å². The number of hydrogen-bond donors (Lipinski definition) is 1. The van der Waals surface area contributed by atoms with Crippen molar-refractivity contribution in [2.45, 2.75) is 44.9 Å². The molecule has 0 saturated carbocycles. The van der Waals surface area contributed by atoms with Gasteiger partial charge in [-0.25, -0.2) is 8.78 Å². The van der Waals surface area contributed by atoms with E-state index in [4.69, 9.17) is 4.52 Å². The van der Waals surface area contributed by atoms with E-state index < -0.39 is 0 Å². The molecule has 30 heavy (non-hydrogen) atoms. The molecule has 0 fully saturated rings. The minimum absolute atomic E-state index is 0.0104. The molecule has 3 rings (SSSR count). The molecule has 0 aliphatic heterocycles. The number of ketones is 1. The van der Waals surface area contributed by atoms with Gasteiger partial charge in [0.1, 0.15) is 11.6 Å². The zero-order valence-corrected chi connectivity index (χ0v) is 17.1. The predicted molar refractivity (Wildman–Crippen MR) is 111 cm³/mol. The Morgan fingerprint density at radius 2 is 1.83 bits per heavy atom. The molecular weight excluding hydrogens is 388 g/mol. The zero-order chi connectivity index (χ0) is 21.5. The van der Waals surface area contributed by atoms with E-state index in [2.05, 4.69) is 22.4 Å². The van der Waals surface area contributed by atoms with Crippen LogP contribution in [0, 0.1) is 11.6 Å². The maximum Gasteiger partial charge on any atom is 0.230 e. The molecule has 1 atom stereocenters. The number of aromatic nitrogens is 2. The second kappa shape index (κ2) is 10.1. The van der Waals surface area contributed by atoms with Gasteiger partial charge in [0.05, 0.1) is 0 Å². The summed E-state index contributed by atoms with van der Waals surface area (Å²) >= 11 is 0. The number of Topliss-reactive ketones (excluding diaryl/α,β-unsaturated/α-hetero) is 1. The number of anilines is 1. The Morgan fingerprint density at radius 3 is 2.53 bits per heavy atom. The van der Waals surface area contributed by atoms with Crippen LogP contribution in [0.15, 0.2) is 47.0 Å². The molecular formula is C23H25F2N3O2. The first kappa shape index (κ1) is 21.6. The molecule has 0 radical (unpaired) electrons. The van der Waals surface area contributed by atoms with Crippen LogP contribution in [0.4, 0.5) is 14.5 Å². The molecule has 3 aromatic rings. The van der Waals surface area contributed by atoms with Gasteiger partial charge >= 0.3 is 0 Å². The fourth-order valence-corrected chi connectivity index (χ4v) is 3.40. The predicted octanol–water partition coefficient (Wildman–Crippen LogP) is 5.99. The smallest absolute Gasteiger partial charge is 0.230 e. The van der Waals surface area contributed by atoms with E-state index in [0.717, 1.165) is 25.7 Å². The Labute approximate surface area is 174 Å². The third-order valence-electron chi connectivity index (χ3n) is 5.14. The van der Waals surface area contributed by atoms with Gasteiger partial charge in [-0.05, 0) is 61.7 Å². The maximum absolute atomic E-state index is 13.3. The van der Waals surface area contributed by atoms with Crippen molar-refractivity contribution in [1.29, 1.82) is 0 Å². The summed E-state index contributed by atoms with van der Waals surface area (Å²) < 4.78 is 31.8. The number of halogens is 2. The van der Waals surface area contributed by atoms with Crippen molar-refractivity contribution in [3.63, 3.8) is 0 Å². The highest BCUT2D eigenvalue weighted by Crippen LogP contribution is 2.27.